The summed E-state index contributed by atoms with van der Waals surface area (Å²) in [5.41, 5.74) is -0.317. The number of amides is 1. The van der Waals surface area contributed by atoms with Gasteiger partial charge in [0.05, 0.1) is 18.2 Å². The minimum atomic E-state index is -1.01. The van der Waals surface area contributed by atoms with Gasteiger partial charge in [0, 0.05) is 29.9 Å². The van der Waals surface area contributed by atoms with Gasteiger partial charge in [0.2, 0.25) is 12.0 Å². The van der Waals surface area contributed by atoms with Gasteiger partial charge in [-0.3, -0.25) is 9.59 Å². The highest BCUT2D eigenvalue weighted by Gasteiger charge is 2.46. The summed E-state index contributed by atoms with van der Waals surface area (Å²) in [7, 11) is 0. The Morgan fingerprint density at radius 2 is 1.91 bits per heavy atom. The quantitative estimate of drug-likeness (QED) is 0.205. The van der Waals surface area contributed by atoms with Crippen LogP contribution in [0, 0.1) is 5.41 Å². The molecule has 2 fully saturated rings. The Balaban J connectivity index is 1.36. The highest BCUT2D eigenvalue weighted by Crippen LogP contribution is 2.32. The number of aliphatic hydroxyl groups excluding tert-OH is 1. The van der Waals surface area contributed by atoms with Crippen LogP contribution < -0.4 is 5.32 Å². The Bertz CT molecular complexity index is 1390. The van der Waals surface area contributed by atoms with Crippen molar-refractivity contribution in [3.05, 3.63) is 53.1 Å². The van der Waals surface area contributed by atoms with E-state index in [0.717, 1.165) is 6.08 Å². The predicted molar refractivity (Wildman–Crippen MR) is 161 cm³/mol. The lowest BCUT2D eigenvalue weighted by Crippen LogP contribution is -2.45. The Labute approximate surface area is 267 Å². The summed E-state index contributed by atoms with van der Waals surface area (Å²) in [5, 5.41) is 12.5. The van der Waals surface area contributed by atoms with Crippen molar-refractivity contribution in [2.45, 2.75) is 89.9 Å². The minimum Gasteiger partial charge on any atom is -0.462 e. The van der Waals surface area contributed by atoms with E-state index in [4.69, 9.17) is 28.4 Å². The molecule has 1 amide bonds. The molecule has 2 N–H and O–H groups in total. The van der Waals surface area contributed by atoms with Gasteiger partial charge in [-0.1, -0.05) is 26.0 Å². The van der Waals surface area contributed by atoms with E-state index in [2.05, 4.69) is 5.32 Å². The Morgan fingerprint density at radius 3 is 2.59 bits per heavy atom. The Hall–Kier alpha value is -4.07. The summed E-state index contributed by atoms with van der Waals surface area (Å²) >= 11 is 0. The van der Waals surface area contributed by atoms with Crippen LogP contribution in [0.15, 0.2) is 42.0 Å². The molecule has 0 saturated carbocycles. The molecule has 1 aromatic carbocycles. The van der Waals surface area contributed by atoms with Crippen molar-refractivity contribution in [2.75, 3.05) is 20.0 Å². The second-order valence-electron chi connectivity index (χ2n) is 13.1. The van der Waals surface area contributed by atoms with Crippen molar-refractivity contribution < 1.29 is 57.5 Å². The van der Waals surface area contributed by atoms with Crippen LogP contribution in [0.1, 0.15) is 69.8 Å². The van der Waals surface area contributed by atoms with Gasteiger partial charge in [0.15, 0.2) is 0 Å². The molecule has 0 radical (unpaired) electrons. The largest absolute Gasteiger partial charge is 0.462 e. The number of aliphatic hydroxyl groups is 1. The highest BCUT2D eigenvalue weighted by molar-refractivity contribution is 5.95. The fourth-order valence-electron chi connectivity index (χ4n) is 5.13. The van der Waals surface area contributed by atoms with E-state index in [1.807, 2.05) is 0 Å². The van der Waals surface area contributed by atoms with Gasteiger partial charge >= 0.3 is 23.9 Å². The second kappa shape index (κ2) is 14.6. The number of ether oxygens (including phenoxy) is 6. The monoisotopic (exact) mass is 643 g/mol. The van der Waals surface area contributed by atoms with Crippen LogP contribution in [0.2, 0.25) is 0 Å². The molecule has 250 valence electrons. The average molecular weight is 644 g/mol. The zero-order chi connectivity index (χ0) is 33.6. The van der Waals surface area contributed by atoms with E-state index in [1.54, 1.807) is 58.9 Å². The molecule has 2 saturated heterocycles. The smallest absolute Gasteiger partial charge is 0.348 e. The second-order valence-corrected chi connectivity index (χ2v) is 13.1. The first-order chi connectivity index (χ1) is 21.6. The van der Waals surface area contributed by atoms with E-state index in [-0.39, 0.29) is 50.4 Å². The van der Waals surface area contributed by atoms with Crippen LogP contribution in [0.5, 0.6) is 0 Å². The first-order valence-electron chi connectivity index (χ1n) is 15.1. The first kappa shape index (κ1) is 34.8. The number of rotatable bonds is 11. The molecule has 1 aromatic rings. The van der Waals surface area contributed by atoms with Gasteiger partial charge in [0.1, 0.15) is 37.3 Å². The van der Waals surface area contributed by atoms with E-state index >= 15 is 0 Å². The van der Waals surface area contributed by atoms with Crippen LogP contribution >= 0.6 is 0 Å². The normalized spacial score (nSPS) is 24.4. The summed E-state index contributed by atoms with van der Waals surface area (Å²) < 4.78 is 32.6. The molecule has 46 heavy (non-hydrogen) atoms. The third-order valence-electron chi connectivity index (χ3n) is 7.50. The topological polar surface area (TPSA) is 173 Å². The first-order valence-corrected chi connectivity index (χ1v) is 15.1. The number of hydrogen-bond donors (Lipinski definition) is 2. The molecule has 0 aromatic heterocycles. The van der Waals surface area contributed by atoms with Crippen LogP contribution in [0.3, 0.4) is 0 Å². The van der Waals surface area contributed by atoms with Crippen molar-refractivity contribution in [3.8, 4) is 0 Å². The summed E-state index contributed by atoms with van der Waals surface area (Å²) in [6.07, 6.45) is 1.27. The third kappa shape index (κ3) is 9.24. The molecule has 0 bridgehead atoms. The molecular formula is C33H41NO12. The number of carbonyl (C=O) groups is 5. The van der Waals surface area contributed by atoms with Crippen LogP contribution in [-0.2, 0) is 47.6 Å². The minimum absolute atomic E-state index is 0.00643. The van der Waals surface area contributed by atoms with Crippen LogP contribution in [0.25, 0.3) is 6.08 Å². The maximum atomic E-state index is 13.2. The van der Waals surface area contributed by atoms with E-state index in [1.165, 1.54) is 12.1 Å². The van der Waals surface area contributed by atoms with Gasteiger partial charge in [-0.25, -0.2) is 14.4 Å². The summed E-state index contributed by atoms with van der Waals surface area (Å²) in [6, 6.07) is 5.65. The molecule has 0 spiro atoms. The maximum Gasteiger partial charge on any atom is 0.348 e. The van der Waals surface area contributed by atoms with Crippen LogP contribution in [0.4, 0.5) is 0 Å². The van der Waals surface area contributed by atoms with E-state index < -0.39 is 71.3 Å². The van der Waals surface area contributed by atoms with Crippen molar-refractivity contribution in [3.63, 3.8) is 0 Å². The Morgan fingerprint density at radius 1 is 1.15 bits per heavy atom. The highest BCUT2D eigenvalue weighted by atomic mass is 16.7. The summed E-state index contributed by atoms with van der Waals surface area (Å²) in [4.78, 5) is 62.7. The number of fused-ring (bicyclic) bond motifs is 1. The van der Waals surface area contributed by atoms with Crippen LogP contribution in [-0.4, -0.2) is 91.0 Å². The lowest BCUT2D eigenvalue weighted by atomic mass is 9.90. The molecule has 2 aliphatic heterocycles. The van der Waals surface area contributed by atoms with Crippen molar-refractivity contribution in [2.24, 2.45) is 5.41 Å². The van der Waals surface area contributed by atoms with Gasteiger partial charge in [0.25, 0.3) is 0 Å². The molecule has 4 rings (SSSR count). The fourth-order valence-corrected chi connectivity index (χ4v) is 5.13. The average Bonchev–Trinajstić information content (AvgIpc) is 3.57. The molecule has 5 atom stereocenters. The number of carbonyl (C=O) groups excluding carboxylic acids is 5. The number of cyclic esters (lactones) is 1. The SMILES string of the molecule is CC(C)(C)OC(=O)CC[C@@H](CO)NC(=O)C1=C[C@H]2OCO[C@H]2[C@H](OC(=O)c2cccc(C=CC(=O)O[C@H]3C(=O)OCC3(C)C)c2)C1. The number of hydrogen-bond acceptors (Lipinski definition) is 12. The summed E-state index contributed by atoms with van der Waals surface area (Å²) in [5.74, 6) is -2.95. The van der Waals surface area contributed by atoms with Gasteiger partial charge < -0.3 is 38.8 Å². The lowest BCUT2D eigenvalue weighted by Gasteiger charge is -2.30. The maximum absolute atomic E-state index is 13.2. The third-order valence-corrected chi connectivity index (χ3v) is 7.50. The fraction of sp³-hybridized carbons (Fsp3) is 0.545. The Kier molecular flexibility index (Phi) is 11.0. The zero-order valence-electron chi connectivity index (χ0n) is 26.6. The molecule has 2 heterocycles. The zero-order valence-corrected chi connectivity index (χ0v) is 26.6. The molecule has 1 aliphatic carbocycles. The van der Waals surface area contributed by atoms with Crippen molar-refractivity contribution in [1.29, 1.82) is 0 Å². The molecule has 3 aliphatic rings. The standard InChI is InChI=1S/C33H41NO12/c1-32(2,3)46-26(37)12-10-22(16-35)34-29(38)21-14-23-27(43-18-42-23)24(15-21)44-30(39)20-8-6-7-19(13-20)9-11-25(36)45-28-31(40)41-17-33(28,4)5/h6-9,11,13-14,22-24,27-28,35H,10,12,15-18H2,1-5H3,(H,34,38)/t22-,23+,24+,27+,28-/m0/s1. The van der Waals surface area contributed by atoms with Crippen molar-refractivity contribution in [1.82, 2.24) is 5.32 Å². The predicted octanol–water partition coefficient (Wildman–Crippen LogP) is 2.39. The van der Waals surface area contributed by atoms with E-state index in [0.29, 0.717) is 5.56 Å². The van der Waals surface area contributed by atoms with E-state index in [9.17, 15) is 29.1 Å². The van der Waals surface area contributed by atoms with Gasteiger partial charge in [-0.2, -0.15) is 0 Å². The lowest BCUT2D eigenvalue weighted by molar-refractivity contribution is -0.159. The molecule has 13 heteroatoms. The molecule has 0 unspecified atom stereocenters. The number of esters is 4. The molecular weight excluding hydrogens is 602 g/mol. The number of nitrogens with one attached hydrogen (secondary N) is 1. The number of benzene rings is 1. The van der Waals surface area contributed by atoms with Gasteiger partial charge in [-0.05, 0) is 57.0 Å². The summed E-state index contributed by atoms with van der Waals surface area (Å²) in [6.45, 7) is 8.50. The molecule has 13 nitrogen and oxygen atoms in total. The van der Waals surface area contributed by atoms with Crippen molar-refractivity contribution >= 4 is 35.9 Å². The van der Waals surface area contributed by atoms with Gasteiger partial charge in [-0.15, -0.1) is 0 Å².